The molecule has 1 fully saturated rings. The van der Waals surface area contributed by atoms with Gasteiger partial charge in [0.15, 0.2) is 0 Å². The van der Waals surface area contributed by atoms with Gasteiger partial charge in [0, 0.05) is 13.2 Å². The smallest absolute Gasteiger partial charge is 0.227 e. The van der Waals surface area contributed by atoms with Crippen molar-refractivity contribution in [2.24, 2.45) is 11.1 Å². The van der Waals surface area contributed by atoms with Gasteiger partial charge in [-0.2, -0.15) is 0 Å². The summed E-state index contributed by atoms with van der Waals surface area (Å²) in [5.74, 6) is 0.0421. The quantitative estimate of drug-likeness (QED) is 0.722. The van der Waals surface area contributed by atoms with Crippen molar-refractivity contribution >= 4 is 5.91 Å². The van der Waals surface area contributed by atoms with Crippen molar-refractivity contribution in [3.05, 3.63) is 0 Å². The largest absolute Gasteiger partial charge is 0.379 e. The molecule has 2 atom stereocenters. The first kappa shape index (κ1) is 12.5. The summed E-state index contributed by atoms with van der Waals surface area (Å²) in [7, 11) is 0. The van der Waals surface area contributed by atoms with E-state index in [-0.39, 0.29) is 11.4 Å². The SMILES string of the molecule is CCC(C)(CN)C(=O)NC1(C)CCOC1. The molecule has 1 aliphatic heterocycles. The maximum atomic E-state index is 12.0. The van der Waals surface area contributed by atoms with Gasteiger partial charge in [-0.15, -0.1) is 0 Å². The predicted molar refractivity (Wildman–Crippen MR) is 59.4 cm³/mol. The van der Waals surface area contributed by atoms with E-state index in [1.54, 1.807) is 0 Å². The topological polar surface area (TPSA) is 64.4 Å². The molecule has 0 aromatic rings. The average Bonchev–Trinajstić information content (AvgIpc) is 2.63. The minimum Gasteiger partial charge on any atom is -0.379 e. The third kappa shape index (κ3) is 2.69. The first-order chi connectivity index (χ1) is 6.96. The molecule has 3 N–H and O–H groups in total. The van der Waals surface area contributed by atoms with Crippen LogP contribution >= 0.6 is 0 Å². The lowest BCUT2D eigenvalue weighted by Crippen LogP contribution is -2.53. The summed E-state index contributed by atoms with van der Waals surface area (Å²) in [5, 5.41) is 3.05. The van der Waals surface area contributed by atoms with Crippen molar-refractivity contribution in [1.29, 1.82) is 0 Å². The maximum Gasteiger partial charge on any atom is 0.227 e. The van der Waals surface area contributed by atoms with E-state index in [0.717, 1.165) is 19.4 Å². The van der Waals surface area contributed by atoms with Crippen molar-refractivity contribution in [3.8, 4) is 0 Å². The number of amides is 1. The molecule has 15 heavy (non-hydrogen) atoms. The van der Waals surface area contributed by atoms with Crippen LogP contribution in [0.25, 0.3) is 0 Å². The molecule has 0 aromatic heterocycles. The van der Waals surface area contributed by atoms with Crippen LogP contribution in [0.4, 0.5) is 0 Å². The molecule has 1 aliphatic rings. The lowest BCUT2D eigenvalue weighted by Gasteiger charge is -2.31. The van der Waals surface area contributed by atoms with Crippen LogP contribution in [-0.4, -0.2) is 31.2 Å². The van der Waals surface area contributed by atoms with E-state index in [2.05, 4.69) is 5.32 Å². The Bertz CT molecular complexity index is 231. The molecule has 0 radical (unpaired) electrons. The molecule has 4 heteroatoms. The minimum atomic E-state index is -0.453. The number of rotatable bonds is 4. The van der Waals surface area contributed by atoms with Gasteiger partial charge < -0.3 is 15.8 Å². The summed E-state index contributed by atoms with van der Waals surface area (Å²) < 4.78 is 5.29. The molecule has 1 saturated heterocycles. The van der Waals surface area contributed by atoms with Crippen LogP contribution in [0.5, 0.6) is 0 Å². The molecular weight excluding hydrogens is 192 g/mol. The van der Waals surface area contributed by atoms with Crippen LogP contribution in [0.15, 0.2) is 0 Å². The molecule has 88 valence electrons. The van der Waals surface area contributed by atoms with Gasteiger partial charge in [0.25, 0.3) is 0 Å². The van der Waals surface area contributed by atoms with E-state index in [1.165, 1.54) is 0 Å². The summed E-state index contributed by atoms with van der Waals surface area (Å²) in [6.07, 6.45) is 1.63. The van der Waals surface area contributed by atoms with Crippen LogP contribution in [0, 0.1) is 5.41 Å². The first-order valence-corrected chi connectivity index (χ1v) is 5.56. The zero-order chi connectivity index (χ0) is 11.5. The normalized spacial score (nSPS) is 29.9. The Morgan fingerprint density at radius 2 is 2.33 bits per heavy atom. The molecule has 1 amide bonds. The maximum absolute atomic E-state index is 12.0. The van der Waals surface area contributed by atoms with Crippen molar-refractivity contribution in [2.45, 2.75) is 39.2 Å². The van der Waals surface area contributed by atoms with Gasteiger partial charge in [-0.1, -0.05) is 6.92 Å². The van der Waals surface area contributed by atoms with Crippen LogP contribution in [-0.2, 0) is 9.53 Å². The lowest BCUT2D eigenvalue weighted by atomic mass is 9.85. The summed E-state index contributed by atoms with van der Waals surface area (Å²) in [4.78, 5) is 12.0. The monoisotopic (exact) mass is 214 g/mol. The zero-order valence-electron chi connectivity index (χ0n) is 9.93. The van der Waals surface area contributed by atoms with E-state index in [0.29, 0.717) is 13.2 Å². The number of nitrogens with two attached hydrogens (primary N) is 1. The van der Waals surface area contributed by atoms with E-state index >= 15 is 0 Å². The fourth-order valence-electron chi connectivity index (χ4n) is 1.59. The van der Waals surface area contributed by atoms with Crippen molar-refractivity contribution in [2.75, 3.05) is 19.8 Å². The highest BCUT2D eigenvalue weighted by Crippen LogP contribution is 2.23. The van der Waals surface area contributed by atoms with Gasteiger partial charge in [-0.25, -0.2) is 0 Å². The van der Waals surface area contributed by atoms with Crippen LogP contribution in [0.1, 0.15) is 33.6 Å². The Morgan fingerprint density at radius 1 is 1.67 bits per heavy atom. The second kappa shape index (κ2) is 4.49. The molecule has 4 nitrogen and oxygen atoms in total. The van der Waals surface area contributed by atoms with Crippen molar-refractivity contribution < 1.29 is 9.53 Å². The van der Waals surface area contributed by atoms with Gasteiger partial charge in [0.1, 0.15) is 0 Å². The zero-order valence-corrected chi connectivity index (χ0v) is 9.93. The summed E-state index contributed by atoms with van der Waals surface area (Å²) in [6, 6.07) is 0. The number of nitrogens with one attached hydrogen (secondary N) is 1. The fourth-order valence-corrected chi connectivity index (χ4v) is 1.59. The molecule has 0 bridgehead atoms. The Morgan fingerprint density at radius 3 is 2.73 bits per heavy atom. The highest BCUT2D eigenvalue weighted by molar-refractivity contribution is 5.83. The highest BCUT2D eigenvalue weighted by Gasteiger charge is 2.37. The van der Waals surface area contributed by atoms with Crippen LogP contribution in [0.3, 0.4) is 0 Å². The summed E-state index contributed by atoms with van der Waals surface area (Å²) >= 11 is 0. The molecule has 0 aromatic carbocycles. The van der Waals surface area contributed by atoms with E-state index in [4.69, 9.17) is 10.5 Å². The number of ether oxygens (including phenoxy) is 1. The van der Waals surface area contributed by atoms with Gasteiger partial charge in [-0.3, -0.25) is 4.79 Å². The van der Waals surface area contributed by atoms with E-state index in [9.17, 15) is 4.79 Å². The summed E-state index contributed by atoms with van der Waals surface area (Å²) in [5.41, 5.74) is 4.99. The van der Waals surface area contributed by atoms with Gasteiger partial charge >= 0.3 is 0 Å². The Kier molecular flexibility index (Phi) is 3.73. The molecule has 0 spiro atoms. The predicted octanol–water partition coefficient (Wildman–Crippen LogP) is 0.657. The number of carbonyl (C=O) groups is 1. The second-order valence-electron chi connectivity index (χ2n) is 4.94. The van der Waals surface area contributed by atoms with Gasteiger partial charge in [0.05, 0.1) is 17.6 Å². The molecule has 2 unspecified atom stereocenters. The Hall–Kier alpha value is -0.610. The number of carbonyl (C=O) groups excluding carboxylic acids is 1. The van der Waals surface area contributed by atoms with Crippen LogP contribution < -0.4 is 11.1 Å². The molecule has 0 aliphatic carbocycles. The third-order valence-electron chi connectivity index (χ3n) is 3.41. The van der Waals surface area contributed by atoms with E-state index in [1.807, 2.05) is 20.8 Å². The van der Waals surface area contributed by atoms with Crippen molar-refractivity contribution in [1.82, 2.24) is 5.32 Å². The fraction of sp³-hybridized carbons (Fsp3) is 0.909. The molecule has 0 saturated carbocycles. The third-order valence-corrected chi connectivity index (χ3v) is 3.41. The Labute approximate surface area is 91.5 Å². The number of hydrogen-bond acceptors (Lipinski definition) is 3. The standard InChI is InChI=1S/C11H22N2O2/c1-4-10(2,7-12)9(14)13-11(3)5-6-15-8-11/h4-8,12H2,1-3H3,(H,13,14). The van der Waals surface area contributed by atoms with Crippen LogP contribution in [0.2, 0.25) is 0 Å². The van der Waals surface area contributed by atoms with Gasteiger partial charge in [0.2, 0.25) is 5.91 Å². The average molecular weight is 214 g/mol. The minimum absolute atomic E-state index is 0.0421. The highest BCUT2D eigenvalue weighted by atomic mass is 16.5. The van der Waals surface area contributed by atoms with E-state index < -0.39 is 5.41 Å². The number of hydrogen-bond donors (Lipinski definition) is 2. The molecule has 1 rings (SSSR count). The molecular formula is C11H22N2O2. The summed E-state index contributed by atoms with van der Waals surface area (Å²) in [6.45, 7) is 7.61. The van der Waals surface area contributed by atoms with Crippen molar-refractivity contribution in [3.63, 3.8) is 0 Å². The van der Waals surface area contributed by atoms with Gasteiger partial charge in [-0.05, 0) is 26.7 Å². The first-order valence-electron chi connectivity index (χ1n) is 5.56. The Balaban J connectivity index is 2.61. The second-order valence-corrected chi connectivity index (χ2v) is 4.94. The molecule has 1 heterocycles. The lowest BCUT2D eigenvalue weighted by molar-refractivity contribution is -0.131.